The van der Waals surface area contributed by atoms with Gasteiger partial charge in [0.25, 0.3) is 0 Å². The van der Waals surface area contributed by atoms with Crippen LogP contribution in [0.2, 0.25) is 0 Å². The molecule has 1 aliphatic heterocycles. The third-order valence-corrected chi connectivity index (χ3v) is 3.11. The summed E-state index contributed by atoms with van der Waals surface area (Å²) in [6.07, 6.45) is -4.30. The summed E-state index contributed by atoms with van der Waals surface area (Å²) in [4.78, 5) is 1.81. The van der Waals surface area contributed by atoms with E-state index in [1.54, 1.807) is 12.1 Å². The summed E-state index contributed by atoms with van der Waals surface area (Å²) in [5.74, 6) is 0. The first-order valence-electron chi connectivity index (χ1n) is 6.05. The van der Waals surface area contributed by atoms with Crippen LogP contribution in [-0.4, -0.2) is 25.2 Å². The van der Waals surface area contributed by atoms with Gasteiger partial charge in [0.15, 0.2) is 0 Å². The van der Waals surface area contributed by atoms with Gasteiger partial charge in [-0.1, -0.05) is 12.1 Å². The predicted molar refractivity (Wildman–Crippen MR) is 65.7 cm³/mol. The Morgan fingerprint density at radius 3 is 2.22 bits per heavy atom. The molecule has 1 aliphatic rings. The molecule has 2 rings (SSSR count). The highest BCUT2D eigenvalue weighted by molar-refractivity contribution is 5.55. The van der Waals surface area contributed by atoms with Crippen molar-refractivity contribution >= 4 is 5.69 Å². The minimum Gasteiger partial charge on any atom is -0.368 e. The molecule has 1 N–H and O–H groups in total. The minimum atomic E-state index is -4.30. The number of hydrogen-bond donors (Lipinski definition) is 1. The van der Waals surface area contributed by atoms with Crippen molar-refractivity contribution in [1.82, 2.24) is 5.32 Å². The molecule has 1 saturated heterocycles. The van der Waals surface area contributed by atoms with Crippen molar-refractivity contribution in [1.29, 1.82) is 0 Å². The molecule has 0 bridgehead atoms. The first-order valence-corrected chi connectivity index (χ1v) is 6.05. The predicted octanol–water partition coefficient (Wildman–Crippen LogP) is 2.89. The van der Waals surface area contributed by atoms with E-state index in [1.807, 2.05) is 18.7 Å². The smallest absolute Gasteiger partial charge is 0.368 e. The molecule has 5 heteroatoms. The standard InChI is InChI=1S/C13H17F3N2/c1-9-7-18(8-10(2)17-9)12-6-4-3-5-11(12)13(14,15)16/h3-6,9-10,17H,7-8H2,1-2H3/t9-,10+. The van der Waals surface area contributed by atoms with Gasteiger partial charge < -0.3 is 10.2 Å². The van der Waals surface area contributed by atoms with Gasteiger partial charge in [0, 0.05) is 30.9 Å². The van der Waals surface area contributed by atoms with Gasteiger partial charge in [0.05, 0.1) is 5.56 Å². The van der Waals surface area contributed by atoms with E-state index in [0.29, 0.717) is 13.1 Å². The largest absolute Gasteiger partial charge is 0.418 e. The van der Waals surface area contributed by atoms with Gasteiger partial charge in [-0.2, -0.15) is 13.2 Å². The third-order valence-electron chi connectivity index (χ3n) is 3.11. The van der Waals surface area contributed by atoms with Gasteiger partial charge in [-0.15, -0.1) is 0 Å². The summed E-state index contributed by atoms with van der Waals surface area (Å²) >= 11 is 0. The second kappa shape index (κ2) is 4.80. The van der Waals surface area contributed by atoms with E-state index in [1.165, 1.54) is 6.07 Å². The summed E-state index contributed by atoms with van der Waals surface area (Å²) in [7, 11) is 0. The van der Waals surface area contributed by atoms with E-state index in [4.69, 9.17) is 0 Å². The summed E-state index contributed by atoms with van der Waals surface area (Å²) in [6, 6.07) is 6.16. The Labute approximate surface area is 105 Å². The zero-order valence-electron chi connectivity index (χ0n) is 10.5. The Bertz CT molecular complexity index is 407. The average Bonchev–Trinajstić information content (AvgIpc) is 2.26. The summed E-state index contributed by atoms with van der Waals surface area (Å²) < 4.78 is 38.9. The van der Waals surface area contributed by atoms with Crippen LogP contribution in [0.1, 0.15) is 19.4 Å². The fraction of sp³-hybridized carbons (Fsp3) is 0.538. The molecule has 1 fully saturated rings. The number of para-hydroxylation sites is 1. The van der Waals surface area contributed by atoms with Crippen molar-refractivity contribution in [2.45, 2.75) is 32.1 Å². The van der Waals surface area contributed by atoms with E-state index >= 15 is 0 Å². The van der Waals surface area contributed by atoms with E-state index in [2.05, 4.69) is 5.32 Å². The van der Waals surface area contributed by atoms with Crippen LogP contribution in [0.5, 0.6) is 0 Å². The molecule has 0 saturated carbocycles. The molecular weight excluding hydrogens is 241 g/mol. The van der Waals surface area contributed by atoms with Gasteiger partial charge in [-0.05, 0) is 26.0 Å². The molecule has 0 unspecified atom stereocenters. The maximum absolute atomic E-state index is 13.0. The van der Waals surface area contributed by atoms with Gasteiger partial charge >= 0.3 is 6.18 Å². The van der Waals surface area contributed by atoms with Crippen LogP contribution in [0.25, 0.3) is 0 Å². The second-order valence-electron chi connectivity index (χ2n) is 4.89. The number of nitrogens with zero attached hydrogens (tertiary/aromatic N) is 1. The van der Waals surface area contributed by atoms with Gasteiger partial charge in [0.2, 0.25) is 0 Å². The average molecular weight is 258 g/mol. The van der Waals surface area contributed by atoms with Crippen LogP contribution in [0.3, 0.4) is 0 Å². The summed E-state index contributed by atoms with van der Waals surface area (Å²) in [5.41, 5.74) is -0.267. The SMILES string of the molecule is C[C@@H]1CN(c2ccccc2C(F)(F)F)C[C@H](C)N1. The number of halogens is 3. The third kappa shape index (κ3) is 2.77. The van der Waals surface area contributed by atoms with Gasteiger partial charge in [-0.25, -0.2) is 0 Å². The van der Waals surface area contributed by atoms with E-state index in [-0.39, 0.29) is 17.8 Å². The molecule has 0 spiro atoms. The van der Waals surface area contributed by atoms with E-state index in [9.17, 15) is 13.2 Å². The number of piperazine rings is 1. The minimum absolute atomic E-state index is 0.190. The molecule has 18 heavy (non-hydrogen) atoms. The molecule has 1 aromatic carbocycles. The zero-order chi connectivity index (χ0) is 13.3. The molecule has 0 amide bonds. The van der Waals surface area contributed by atoms with Crippen molar-refractivity contribution in [2.24, 2.45) is 0 Å². The van der Waals surface area contributed by atoms with Crippen molar-refractivity contribution < 1.29 is 13.2 Å². The van der Waals surface area contributed by atoms with Crippen LogP contribution in [0, 0.1) is 0 Å². The molecule has 100 valence electrons. The first-order chi connectivity index (χ1) is 8.38. The lowest BCUT2D eigenvalue weighted by atomic mass is 10.1. The van der Waals surface area contributed by atoms with Gasteiger partial charge in [0.1, 0.15) is 0 Å². The molecule has 2 atom stereocenters. The maximum atomic E-state index is 13.0. The lowest BCUT2D eigenvalue weighted by Crippen LogP contribution is -2.54. The maximum Gasteiger partial charge on any atom is 0.418 e. The number of anilines is 1. The molecule has 2 nitrogen and oxygen atoms in total. The molecule has 1 aromatic rings. The zero-order valence-corrected chi connectivity index (χ0v) is 10.5. The molecule has 0 aromatic heterocycles. The van der Waals surface area contributed by atoms with E-state index in [0.717, 1.165) is 6.07 Å². The van der Waals surface area contributed by atoms with Crippen LogP contribution in [0.4, 0.5) is 18.9 Å². The van der Waals surface area contributed by atoms with Crippen molar-refractivity contribution in [3.05, 3.63) is 29.8 Å². The number of rotatable bonds is 1. The number of hydrogen-bond acceptors (Lipinski definition) is 2. The van der Waals surface area contributed by atoms with Crippen LogP contribution in [0.15, 0.2) is 24.3 Å². The summed E-state index contributed by atoms with van der Waals surface area (Å²) in [6.45, 7) is 5.16. The first kappa shape index (κ1) is 13.2. The van der Waals surface area contributed by atoms with Crippen molar-refractivity contribution in [3.63, 3.8) is 0 Å². The van der Waals surface area contributed by atoms with E-state index < -0.39 is 11.7 Å². The number of alkyl halides is 3. The number of nitrogens with one attached hydrogen (secondary N) is 1. The summed E-state index contributed by atoms with van der Waals surface area (Å²) in [5, 5.41) is 3.31. The Morgan fingerprint density at radius 1 is 1.11 bits per heavy atom. The van der Waals surface area contributed by atoms with Crippen LogP contribution in [-0.2, 0) is 6.18 Å². The normalized spacial score (nSPS) is 25.3. The Kier molecular flexibility index (Phi) is 3.52. The Balaban J connectivity index is 2.33. The monoisotopic (exact) mass is 258 g/mol. The highest BCUT2D eigenvalue weighted by Gasteiger charge is 2.35. The topological polar surface area (TPSA) is 15.3 Å². The van der Waals surface area contributed by atoms with Crippen molar-refractivity contribution in [2.75, 3.05) is 18.0 Å². The highest BCUT2D eigenvalue weighted by atomic mass is 19.4. The lowest BCUT2D eigenvalue weighted by Gasteiger charge is -2.38. The molecule has 0 radical (unpaired) electrons. The molecule has 0 aliphatic carbocycles. The Morgan fingerprint density at radius 2 is 1.67 bits per heavy atom. The van der Waals surface area contributed by atoms with Gasteiger partial charge in [-0.3, -0.25) is 0 Å². The highest BCUT2D eigenvalue weighted by Crippen LogP contribution is 2.36. The quantitative estimate of drug-likeness (QED) is 0.833. The van der Waals surface area contributed by atoms with Crippen LogP contribution < -0.4 is 10.2 Å². The second-order valence-corrected chi connectivity index (χ2v) is 4.89. The number of benzene rings is 1. The Hall–Kier alpha value is -1.23. The van der Waals surface area contributed by atoms with Crippen molar-refractivity contribution in [3.8, 4) is 0 Å². The molecule has 1 heterocycles. The van der Waals surface area contributed by atoms with Crippen LogP contribution >= 0.6 is 0 Å². The fourth-order valence-electron chi connectivity index (χ4n) is 2.51. The molecular formula is C13H17F3N2. The lowest BCUT2D eigenvalue weighted by molar-refractivity contribution is -0.137. The fourth-order valence-corrected chi connectivity index (χ4v) is 2.51.